The number of hydrogen-bond acceptors (Lipinski definition) is 2. The summed E-state index contributed by atoms with van der Waals surface area (Å²) in [4.78, 5) is 8.66. The Labute approximate surface area is 177 Å². The van der Waals surface area contributed by atoms with Gasteiger partial charge in [0.25, 0.3) is 0 Å². The molecule has 1 saturated carbocycles. The number of halogens is 2. The average molecular weight is 485 g/mol. The lowest BCUT2D eigenvalue weighted by atomic mass is 9.96. The van der Waals surface area contributed by atoms with E-state index in [4.69, 9.17) is 11.6 Å². The molecule has 1 aromatic heterocycles. The van der Waals surface area contributed by atoms with E-state index in [0.29, 0.717) is 0 Å². The van der Waals surface area contributed by atoms with Crippen molar-refractivity contribution in [3.8, 4) is 0 Å². The van der Waals surface area contributed by atoms with Crippen molar-refractivity contribution in [1.29, 1.82) is 0 Å². The molecule has 26 heavy (non-hydrogen) atoms. The van der Waals surface area contributed by atoms with E-state index < -0.39 is 0 Å². The smallest absolute Gasteiger partial charge is 0.191 e. The molecule has 1 aliphatic rings. The van der Waals surface area contributed by atoms with Crippen LogP contribution in [0.2, 0.25) is 5.02 Å². The van der Waals surface area contributed by atoms with E-state index in [1.807, 2.05) is 38.4 Å². The van der Waals surface area contributed by atoms with Crippen LogP contribution < -0.4 is 10.6 Å². The van der Waals surface area contributed by atoms with Gasteiger partial charge in [-0.25, -0.2) is 0 Å². The molecule has 0 saturated heterocycles. The van der Waals surface area contributed by atoms with Gasteiger partial charge in [0.1, 0.15) is 0 Å². The van der Waals surface area contributed by atoms with E-state index in [1.54, 1.807) is 0 Å². The molecule has 4 nitrogen and oxygen atoms in total. The number of aliphatic imine (C=N–C) groups is 1. The van der Waals surface area contributed by atoms with Crippen LogP contribution in [-0.4, -0.2) is 31.1 Å². The lowest BCUT2D eigenvalue weighted by Crippen LogP contribution is -2.42. The third kappa shape index (κ3) is 5.58. The third-order valence-electron chi connectivity index (χ3n) is 4.79. The molecule has 0 aliphatic heterocycles. The minimum Gasteiger partial charge on any atom is -0.356 e. The number of aromatic nitrogens is 1. The van der Waals surface area contributed by atoms with E-state index in [-0.39, 0.29) is 29.4 Å². The molecule has 0 bridgehead atoms. The summed E-state index contributed by atoms with van der Waals surface area (Å²) in [5.41, 5.74) is 3.79. The number of rotatable bonds is 6. The van der Waals surface area contributed by atoms with Crippen molar-refractivity contribution >= 4 is 41.5 Å². The van der Waals surface area contributed by atoms with Crippen LogP contribution in [-0.2, 0) is 11.8 Å². The number of aryl methyl sites for hydroxylation is 1. The van der Waals surface area contributed by atoms with Crippen molar-refractivity contribution in [2.45, 2.75) is 31.6 Å². The van der Waals surface area contributed by atoms with Crippen LogP contribution >= 0.6 is 35.6 Å². The summed E-state index contributed by atoms with van der Waals surface area (Å²) in [5, 5.41) is 7.65. The lowest BCUT2D eigenvalue weighted by molar-refractivity contribution is 0.645. The highest BCUT2D eigenvalue weighted by atomic mass is 127. The standard InChI is InChI=1S/C20H25ClN4.HI/c1-15-6-7-16(13-24-15)8-11-23-19(22-2)25-14-20(9-10-20)17-4-3-5-18(21)12-17;/h3-7,12-13H,8-11,14H2,1-2H3,(H2,22,23,25);1H. The van der Waals surface area contributed by atoms with E-state index in [0.717, 1.165) is 36.2 Å². The fourth-order valence-electron chi connectivity index (χ4n) is 2.98. The zero-order valence-electron chi connectivity index (χ0n) is 15.3. The highest BCUT2D eigenvalue weighted by Crippen LogP contribution is 2.48. The second-order valence-corrected chi connectivity index (χ2v) is 7.14. The molecular formula is C20H26ClIN4. The first kappa shape index (κ1) is 21.0. The first-order chi connectivity index (χ1) is 12.1. The molecule has 140 valence electrons. The Balaban J connectivity index is 0.00000243. The average Bonchev–Trinajstić information content (AvgIpc) is 3.41. The van der Waals surface area contributed by atoms with Crippen molar-refractivity contribution in [2.75, 3.05) is 20.1 Å². The molecule has 6 heteroatoms. The van der Waals surface area contributed by atoms with Crippen LogP contribution in [0.1, 0.15) is 29.7 Å². The molecule has 0 atom stereocenters. The summed E-state index contributed by atoms with van der Waals surface area (Å²) in [7, 11) is 1.81. The molecule has 2 aromatic rings. The maximum absolute atomic E-state index is 6.14. The second kappa shape index (κ2) is 9.55. The molecule has 2 N–H and O–H groups in total. The molecule has 1 aromatic carbocycles. The van der Waals surface area contributed by atoms with Crippen molar-refractivity contribution in [3.05, 3.63) is 64.4 Å². The Bertz CT molecular complexity index is 742. The van der Waals surface area contributed by atoms with Gasteiger partial charge in [-0.05, 0) is 55.5 Å². The maximum atomic E-state index is 6.14. The SMILES string of the molecule is CN=C(NCCc1ccc(C)nc1)NCC1(c2cccc(Cl)c2)CC1.I. The van der Waals surface area contributed by atoms with E-state index in [2.05, 4.69) is 38.8 Å². The van der Waals surface area contributed by atoms with Gasteiger partial charge in [-0.15, -0.1) is 24.0 Å². The van der Waals surface area contributed by atoms with Crippen molar-refractivity contribution in [1.82, 2.24) is 15.6 Å². The van der Waals surface area contributed by atoms with Gasteiger partial charge >= 0.3 is 0 Å². The molecule has 0 amide bonds. The van der Waals surface area contributed by atoms with Gasteiger partial charge in [-0.2, -0.15) is 0 Å². The summed E-state index contributed by atoms with van der Waals surface area (Å²) in [5.74, 6) is 0.841. The Hall–Kier alpha value is -1.34. The predicted molar refractivity (Wildman–Crippen MR) is 120 cm³/mol. The molecule has 0 spiro atoms. The van der Waals surface area contributed by atoms with Gasteiger partial charge < -0.3 is 10.6 Å². The van der Waals surface area contributed by atoms with Crippen LogP contribution in [0.3, 0.4) is 0 Å². The van der Waals surface area contributed by atoms with E-state index in [9.17, 15) is 0 Å². The number of pyridine rings is 1. The molecule has 1 fully saturated rings. The van der Waals surface area contributed by atoms with Gasteiger partial charge in [-0.3, -0.25) is 9.98 Å². The highest BCUT2D eigenvalue weighted by molar-refractivity contribution is 14.0. The first-order valence-corrected chi connectivity index (χ1v) is 9.11. The summed E-state index contributed by atoms with van der Waals surface area (Å²) < 4.78 is 0. The van der Waals surface area contributed by atoms with E-state index in [1.165, 1.54) is 24.0 Å². The van der Waals surface area contributed by atoms with E-state index >= 15 is 0 Å². The monoisotopic (exact) mass is 484 g/mol. The maximum Gasteiger partial charge on any atom is 0.191 e. The lowest BCUT2D eigenvalue weighted by Gasteiger charge is -2.19. The van der Waals surface area contributed by atoms with Crippen LogP contribution in [0.4, 0.5) is 0 Å². The molecular weight excluding hydrogens is 459 g/mol. The number of nitrogens with one attached hydrogen (secondary N) is 2. The van der Waals surface area contributed by atoms with Gasteiger partial charge in [0.2, 0.25) is 0 Å². The third-order valence-corrected chi connectivity index (χ3v) is 5.02. The molecule has 1 aliphatic carbocycles. The molecule has 3 rings (SSSR count). The summed E-state index contributed by atoms with van der Waals surface area (Å²) >= 11 is 6.14. The first-order valence-electron chi connectivity index (χ1n) is 8.73. The van der Waals surface area contributed by atoms with Crippen LogP contribution in [0.15, 0.2) is 47.6 Å². The fourth-order valence-corrected chi connectivity index (χ4v) is 3.17. The Morgan fingerprint density at radius 1 is 1.23 bits per heavy atom. The largest absolute Gasteiger partial charge is 0.356 e. The summed E-state index contributed by atoms with van der Waals surface area (Å²) in [6, 6.07) is 12.4. The number of nitrogens with zero attached hydrogens (tertiary/aromatic N) is 2. The highest BCUT2D eigenvalue weighted by Gasteiger charge is 2.44. The minimum atomic E-state index is 0. The number of hydrogen-bond donors (Lipinski definition) is 2. The molecule has 0 radical (unpaired) electrons. The van der Waals surface area contributed by atoms with Gasteiger partial charge in [0, 0.05) is 42.5 Å². The topological polar surface area (TPSA) is 49.3 Å². The Morgan fingerprint density at radius 2 is 2.04 bits per heavy atom. The van der Waals surface area contributed by atoms with Crippen LogP contribution in [0, 0.1) is 6.92 Å². The van der Waals surface area contributed by atoms with Gasteiger partial charge in [0.15, 0.2) is 5.96 Å². The van der Waals surface area contributed by atoms with Crippen molar-refractivity contribution < 1.29 is 0 Å². The quantitative estimate of drug-likeness (QED) is 0.369. The normalized spacial score (nSPS) is 15.1. The van der Waals surface area contributed by atoms with Gasteiger partial charge in [-0.1, -0.05) is 29.8 Å². The second-order valence-electron chi connectivity index (χ2n) is 6.70. The van der Waals surface area contributed by atoms with Crippen molar-refractivity contribution in [3.63, 3.8) is 0 Å². The van der Waals surface area contributed by atoms with Crippen molar-refractivity contribution in [2.24, 2.45) is 4.99 Å². The number of guanidine groups is 1. The summed E-state index contributed by atoms with van der Waals surface area (Å²) in [6.45, 7) is 3.70. The van der Waals surface area contributed by atoms with Gasteiger partial charge in [0.05, 0.1) is 0 Å². The fraction of sp³-hybridized carbons (Fsp3) is 0.400. The van der Waals surface area contributed by atoms with Crippen LogP contribution in [0.5, 0.6) is 0 Å². The number of benzene rings is 1. The Kier molecular flexibility index (Phi) is 7.70. The molecule has 1 heterocycles. The zero-order chi connectivity index (χ0) is 17.7. The summed E-state index contributed by atoms with van der Waals surface area (Å²) in [6.07, 6.45) is 5.23. The van der Waals surface area contributed by atoms with Crippen LogP contribution in [0.25, 0.3) is 0 Å². The predicted octanol–water partition coefficient (Wildman–Crippen LogP) is 4.10. The molecule has 0 unspecified atom stereocenters. The minimum absolute atomic E-state index is 0. The zero-order valence-corrected chi connectivity index (χ0v) is 18.3. The Morgan fingerprint density at radius 3 is 2.65 bits per heavy atom.